The van der Waals surface area contributed by atoms with Crippen molar-refractivity contribution in [2.75, 3.05) is 0 Å². The van der Waals surface area contributed by atoms with E-state index in [0.29, 0.717) is 6.42 Å². The molecule has 0 heterocycles. The number of hydrogen-bond donors (Lipinski definition) is 1. The lowest BCUT2D eigenvalue weighted by molar-refractivity contribution is -0.137. The Morgan fingerprint density at radius 2 is 2.25 bits per heavy atom. The topological polar surface area (TPSA) is 61.1 Å². The van der Waals surface area contributed by atoms with Crippen molar-refractivity contribution in [3.8, 4) is 6.07 Å². The van der Waals surface area contributed by atoms with Gasteiger partial charge >= 0.3 is 5.97 Å². The van der Waals surface area contributed by atoms with Crippen LogP contribution in [0.2, 0.25) is 0 Å². The highest BCUT2D eigenvalue weighted by atomic mass is 16.4. The van der Waals surface area contributed by atoms with E-state index < -0.39 is 5.97 Å². The minimum absolute atomic E-state index is 0.0685. The summed E-state index contributed by atoms with van der Waals surface area (Å²) in [4.78, 5) is 10.2. The third-order valence-electron chi connectivity index (χ3n) is 1.80. The molecule has 0 aliphatic rings. The largest absolute Gasteiger partial charge is 0.481 e. The first-order valence-corrected chi connectivity index (χ1v) is 4.32. The Kier molecular flexibility index (Phi) is 6.08. The molecule has 0 aliphatic heterocycles. The summed E-state index contributed by atoms with van der Waals surface area (Å²) in [6.45, 7) is 2.06. The van der Waals surface area contributed by atoms with Crippen LogP contribution < -0.4 is 0 Å². The van der Waals surface area contributed by atoms with Gasteiger partial charge in [0.2, 0.25) is 0 Å². The van der Waals surface area contributed by atoms with E-state index in [-0.39, 0.29) is 12.3 Å². The first-order chi connectivity index (χ1) is 5.70. The van der Waals surface area contributed by atoms with E-state index in [9.17, 15) is 4.79 Å². The second-order valence-electron chi connectivity index (χ2n) is 2.90. The van der Waals surface area contributed by atoms with Gasteiger partial charge in [0.15, 0.2) is 0 Å². The van der Waals surface area contributed by atoms with Crippen molar-refractivity contribution in [1.82, 2.24) is 0 Å². The summed E-state index contributed by atoms with van der Waals surface area (Å²) in [6.07, 6.45) is 3.51. The maximum Gasteiger partial charge on any atom is 0.303 e. The maximum atomic E-state index is 10.2. The summed E-state index contributed by atoms with van der Waals surface area (Å²) in [5.41, 5.74) is 0. The predicted molar refractivity (Wildman–Crippen MR) is 45.5 cm³/mol. The Morgan fingerprint density at radius 3 is 2.67 bits per heavy atom. The highest BCUT2D eigenvalue weighted by molar-refractivity contribution is 5.66. The third kappa shape index (κ3) is 5.72. The zero-order valence-corrected chi connectivity index (χ0v) is 7.42. The van der Waals surface area contributed by atoms with Crippen molar-refractivity contribution in [2.24, 2.45) is 5.92 Å². The van der Waals surface area contributed by atoms with Crippen LogP contribution in [-0.2, 0) is 4.79 Å². The molecule has 12 heavy (non-hydrogen) atoms. The SMILES string of the molecule is CCCCC(C#N)CCC(=O)O. The molecule has 3 heteroatoms. The summed E-state index contributed by atoms with van der Waals surface area (Å²) < 4.78 is 0. The van der Waals surface area contributed by atoms with Gasteiger partial charge in [-0.3, -0.25) is 4.79 Å². The summed E-state index contributed by atoms with van der Waals surface area (Å²) in [5, 5.41) is 17.0. The van der Waals surface area contributed by atoms with Crippen LogP contribution in [0.4, 0.5) is 0 Å². The first kappa shape index (κ1) is 11.0. The molecule has 0 fully saturated rings. The van der Waals surface area contributed by atoms with E-state index in [1.807, 2.05) is 0 Å². The van der Waals surface area contributed by atoms with Crippen molar-refractivity contribution < 1.29 is 9.90 Å². The Labute approximate surface area is 73.0 Å². The quantitative estimate of drug-likeness (QED) is 0.662. The molecule has 0 saturated carbocycles. The Bertz CT molecular complexity index is 172. The second-order valence-corrected chi connectivity index (χ2v) is 2.90. The fraction of sp³-hybridized carbons (Fsp3) is 0.778. The molecule has 1 N–H and O–H groups in total. The summed E-state index contributed by atoms with van der Waals surface area (Å²) >= 11 is 0. The van der Waals surface area contributed by atoms with E-state index in [1.54, 1.807) is 0 Å². The highest BCUT2D eigenvalue weighted by Crippen LogP contribution is 2.13. The lowest BCUT2D eigenvalue weighted by atomic mass is 9.98. The number of carboxylic acids is 1. The molecule has 0 aliphatic carbocycles. The average molecular weight is 169 g/mol. The van der Waals surface area contributed by atoms with Gasteiger partial charge in [-0.1, -0.05) is 19.8 Å². The van der Waals surface area contributed by atoms with Crippen LogP contribution in [0.25, 0.3) is 0 Å². The van der Waals surface area contributed by atoms with Gasteiger partial charge in [0.1, 0.15) is 0 Å². The number of unbranched alkanes of at least 4 members (excludes halogenated alkanes) is 1. The van der Waals surface area contributed by atoms with E-state index in [4.69, 9.17) is 10.4 Å². The van der Waals surface area contributed by atoms with Gasteiger partial charge < -0.3 is 5.11 Å². The normalized spacial score (nSPS) is 12.0. The molecule has 0 saturated heterocycles. The van der Waals surface area contributed by atoms with Crippen molar-refractivity contribution in [3.05, 3.63) is 0 Å². The Morgan fingerprint density at radius 1 is 1.58 bits per heavy atom. The number of rotatable bonds is 6. The fourth-order valence-electron chi connectivity index (χ4n) is 1.02. The number of nitrogens with zero attached hydrogens (tertiary/aromatic N) is 1. The predicted octanol–water partition coefficient (Wildman–Crippen LogP) is 2.18. The lowest BCUT2D eigenvalue weighted by Gasteiger charge is -2.04. The van der Waals surface area contributed by atoms with Crippen LogP contribution in [0.5, 0.6) is 0 Å². The molecule has 0 aromatic heterocycles. The molecule has 0 radical (unpaired) electrons. The molecule has 1 atom stereocenters. The standard InChI is InChI=1S/C9H15NO2/c1-2-3-4-8(7-10)5-6-9(11)12/h8H,2-6H2,1H3,(H,11,12). The molecule has 0 aromatic carbocycles. The van der Waals surface area contributed by atoms with Gasteiger partial charge in [-0.25, -0.2) is 0 Å². The summed E-state index contributed by atoms with van der Waals surface area (Å²) in [5.74, 6) is -0.882. The maximum absolute atomic E-state index is 10.2. The molecule has 1 unspecified atom stereocenters. The zero-order valence-electron chi connectivity index (χ0n) is 7.42. The average Bonchev–Trinajstić information content (AvgIpc) is 2.05. The molecule has 0 amide bonds. The van der Waals surface area contributed by atoms with Crippen molar-refractivity contribution in [3.63, 3.8) is 0 Å². The number of aliphatic carboxylic acids is 1. The Balaban J connectivity index is 3.55. The van der Waals surface area contributed by atoms with Gasteiger partial charge in [-0.15, -0.1) is 0 Å². The summed E-state index contributed by atoms with van der Waals surface area (Å²) in [6, 6.07) is 2.13. The molecular weight excluding hydrogens is 154 g/mol. The minimum atomic E-state index is -0.813. The van der Waals surface area contributed by atoms with Crippen LogP contribution >= 0.6 is 0 Å². The monoisotopic (exact) mass is 169 g/mol. The molecule has 0 rings (SSSR count). The molecule has 0 bridgehead atoms. The number of carboxylic acid groups (broad SMARTS) is 1. The zero-order chi connectivity index (χ0) is 9.40. The van der Waals surface area contributed by atoms with Gasteiger partial charge in [0.25, 0.3) is 0 Å². The smallest absolute Gasteiger partial charge is 0.303 e. The van der Waals surface area contributed by atoms with Gasteiger partial charge in [-0.05, 0) is 12.8 Å². The van der Waals surface area contributed by atoms with Crippen LogP contribution in [0, 0.1) is 17.2 Å². The Hall–Kier alpha value is -1.04. The van der Waals surface area contributed by atoms with Crippen molar-refractivity contribution in [1.29, 1.82) is 5.26 Å². The molecule has 68 valence electrons. The van der Waals surface area contributed by atoms with Crippen LogP contribution in [0.3, 0.4) is 0 Å². The van der Waals surface area contributed by atoms with E-state index >= 15 is 0 Å². The van der Waals surface area contributed by atoms with Crippen LogP contribution in [0.15, 0.2) is 0 Å². The number of nitriles is 1. The van der Waals surface area contributed by atoms with Crippen molar-refractivity contribution in [2.45, 2.75) is 39.0 Å². The lowest BCUT2D eigenvalue weighted by Crippen LogP contribution is -2.02. The van der Waals surface area contributed by atoms with Crippen LogP contribution in [0.1, 0.15) is 39.0 Å². The summed E-state index contributed by atoms with van der Waals surface area (Å²) in [7, 11) is 0. The molecule has 3 nitrogen and oxygen atoms in total. The number of carbonyl (C=O) groups is 1. The minimum Gasteiger partial charge on any atom is -0.481 e. The fourth-order valence-corrected chi connectivity index (χ4v) is 1.02. The second kappa shape index (κ2) is 6.66. The van der Waals surface area contributed by atoms with E-state index in [0.717, 1.165) is 19.3 Å². The van der Waals surface area contributed by atoms with Gasteiger partial charge in [0, 0.05) is 12.3 Å². The van der Waals surface area contributed by atoms with Crippen molar-refractivity contribution >= 4 is 5.97 Å². The molecular formula is C9H15NO2. The van der Waals surface area contributed by atoms with E-state index in [1.165, 1.54) is 0 Å². The van der Waals surface area contributed by atoms with E-state index in [2.05, 4.69) is 13.0 Å². The molecule has 0 aromatic rings. The highest BCUT2D eigenvalue weighted by Gasteiger charge is 2.08. The van der Waals surface area contributed by atoms with Gasteiger partial charge in [0.05, 0.1) is 6.07 Å². The van der Waals surface area contributed by atoms with Crippen LogP contribution in [-0.4, -0.2) is 11.1 Å². The first-order valence-electron chi connectivity index (χ1n) is 4.32. The number of hydrogen-bond acceptors (Lipinski definition) is 2. The van der Waals surface area contributed by atoms with Gasteiger partial charge in [-0.2, -0.15) is 5.26 Å². The third-order valence-corrected chi connectivity index (χ3v) is 1.80. The molecule has 0 spiro atoms.